The van der Waals surface area contributed by atoms with E-state index in [0.717, 1.165) is 12.8 Å². The summed E-state index contributed by atoms with van der Waals surface area (Å²) in [4.78, 5) is 15.8. The first-order valence-electron chi connectivity index (χ1n) is 5.53. The van der Waals surface area contributed by atoms with Gasteiger partial charge in [-0.25, -0.2) is 0 Å². The molecule has 84 valence electrons. The van der Waals surface area contributed by atoms with Crippen LogP contribution in [0.3, 0.4) is 0 Å². The third kappa shape index (κ3) is 0.754. The van der Waals surface area contributed by atoms with Crippen LogP contribution in [0, 0.1) is 45.3 Å². The molecule has 1 heterocycles. The highest BCUT2D eigenvalue weighted by atomic mass is 16.2. The highest BCUT2D eigenvalue weighted by Crippen LogP contribution is 2.63. The molecule has 4 aliphatic rings. The van der Waals surface area contributed by atoms with Gasteiger partial charge in [-0.2, -0.15) is 15.5 Å². The lowest BCUT2D eigenvalue weighted by Crippen LogP contribution is -2.59. The fourth-order valence-electron chi connectivity index (χ4n) is 3.58. The van der Waals surface area contributed by atoms with Crippen LogP contribution in [0.1, 0.15) is 12.8 Å². The average molecular weight is 226 g/mol. The summed E-state index contributed by atoms with van der Waals surface area (Å²) in [6, 6.07) is 4.20. The number of aliphatic imine (C=N–C) groups is 1. The largest absolute Gasteiger partial charge is 0.386 e. The molecule has 0 aromatic carbocycles. The first-order chi connectivity index (χ1) is 8.13. The highest BCUT2D eigenvalue weighted by Gasteiger charge is 2.73. The molecule has 5 nitrogen and oxygen atoms in total. The Hall–Kier alpha value is -2.14. The van der Waals surface area contributed by atoms with Crippen LogP contribution in [0.4, 0.5) is 0 Å². The molecule has 3 aliphatic carbocycles. The van der Waals surface area contributed by atoms with E-state index in [0.29, 0.717) is 0 Å². The smallest absolute Gasteiger partial charge is 0.270 e. The Morgan fingerprint density at radius 2 is 1.76 bits per heavy atom. The Labute approximate surface area is 98.2 Å². The van der Waals surface area contributed by atoms with Crippen molar-refractivity contribution in [2.24, 2.45) is 33.4 Å². The molecule has 0 spiro atoms. The van der Waals surface area contributed by atoms with Crippen LogP contribution < -0.4 is 5.73 Å². The second kappa shape index (κ2) is 2.75. The second-order valence-electron chi connectivity index (χ2n) is 4.82. The monoisotopic (exact) mass is 226 g/mol. The summed E-state index contributed by atoms with van der Waals surface area (Å²) in [7, 11) is 0. The number of nitrogens with two attached hydrogens (primary N) is 1. The van der Waals surface area contributed by atoms with E-state index in [4.69, 9.17) is 5.73 Å². The zero-order valence-electron chi connectivity index (χ0n) is 9.05. The lowest BCUT2D eigenvalue weighted by molar-refractivity contribution is -0.131. The van der Waals surface area contributed by atoms with Gasteiger partial charge in [0.05, 0.1) is 12.1 Å². The number of rotatable bonds is 0. The molecule has 2 N–H and O–H groups in total. The van der Waals surface area contributed by atoms with Crippen molar-refractivity contribution < 1.29 is 4.79 Å². The van der Waals surface area contributed by atoms with Crippen LogP contribution in [0.2, 0.25) is 0 Å². The van der Waals surface area contributed by atoms with Crippen LogP contribution in [0.15, 0.2) is 17.1 Å². The molecule has 4 rings (SSSR count). The number of fused-ring (bicyclic) bond motifs is 1. The number of amides is 1. The third-order valence-corrected chi connectivity index (χ3v) is 4.41. The van der Waals surface area contributed by atoms with Gasteiger partial charge in [-0.1, -0.05) is 12.2 Å². The van der Waals surface area contributed by atoms with Crippen LogP contribution in [0.5, 0.6) is 0 Å². The Morgan fingerprint density at radius 1 is 1.24 bits per heavy atom. The molecular weight excluding hydrogens is 216 g/mol. The van der Waals surface area contributed by atoms with E-state index < -0.39 is 16.7 Å². The fourth-order valence-corrected chi connectivity index (χ4v) is 3.58. The molecule has 5 heteroatoms. The molecule has 0 aromatic rings. The molecule has 1 fully saturated rings. The molecule has 0 radical (unpaired) electrons. The summed E-state index contributed by atoms with van der Waals surface area (Å²) in [6.07, 6.45) is 5.31. The lowest BCUT2D eigenvalue weighted by atomic mass is 9.46. The standard InChI is InChI=1S/C12H10N4O/c13-5-11-7-1-3-8(4-2-7)12(11,6-14)10(17)16-9(11)15/h1,3,7-8H,2,4H2,(H2,15,16,17)/t7-,8+,11-,12+/m1/s1. The Balaban J connectivity index is 2.37. The third-order valence-electron chi connectivity index (χ3n) is 4.41. The van der Waals surface area contributed by atoms with E-state index in [1.54, 1.807) is 0 Å². The predicted molar refractivity (Wildman–Crippen MR) is 58.1 cm³/mol. The Bertz CT molecular complexity index is 564. The summed E-state index contributed by atoms with van der Waals surface area (Å²) in [5.41, 5.74) is 3.17. The van der Waals surface area contributed by atoms with Crippen molar-refractivity contribution in [3.63, 3.8) is 0 Å². The minimum absolute atomic E-state index is 0.0191. The number of carbonyl (C=O) groups excluding carboxylic acids is 1. The van der Waals surface area contributed by atoms with Crippen LogP contribution in [-0.4, -0.2) is 11.7 Å². The summed E-state index contributed by atoms with van der Waals surface area (Å²) in [6.45, 7) is 0. The highest BCUT2D eigenvalue weighted by molar-refractivity contribution is 6.12. The maximum absolute atomic E-state index is 12.1. The minimum atomic E-state index is -1.39. The number of carbonyl (C=O) groups is 1. The molecule has 17 heavy (non-hydrogen) atoms. The van der Waals surface area contributed by atoms with Crippen molar-refractivity contribution in [3.05, 3.63) is 12.2 Å². The summed E-state index contributed by atoms with van der Waals surface area (Å²) >= 11 is 0. The van der Waals surface area contributed by atoms with Gasteiger partial charge in [0.15, 0.2) is 5.41 Å². The Kier molecular flexibility index (Phi) is 1.63. The number of amidine groups is 1. The molecule has 0 aromatic heterocycles. The average Bonchev–Trinajstić information content (AvgIpc) is 2.61. The minimum Gasteiger partial charge on any atom is -0.386 e. The van der Waals surface area contributed by atoms with Gasteiger partial charge in [-0.3, -0.25) is 4.79 Å². The summed E-state index contributed by atoms with van der Waals surface area (Å²) in [5, 5.41) is 19.0. The van der Waals surface area contributed by atoms with Crippen molar-refractivity contribution in [1.29, 1.82) is 10.5 Å². The summed E-state index contributed by atoms with van der Waals surface area (Å²) in [5.74, 6) is -0.939. The lowest BCUT2D eigenvalue weighted by Gasteiger charge is -2.50. The van der Waals surface area contributed by atoms with E-state index >= 15 is 0 Å². The topological polar surface area (TPSA) is 103 Å². The zero-order valence-corrected chi connectivity index (χ0v) is 9.05. The molecule has 0 unspecified atom stereocenters. The van der Waals surface area contributed by atoms with Crippen molar-refractivity contribution in [3.8, 4) is 12.1 Å². The van der Waals surface area contributed by atoms with Crippen LogP contribution in [-0.2, 0) is 4.79 Å². The first kappa shape index (κ1) is 10.0. The van der Waals surface area contributed by atoms with Crippen molar-refractivity contribution in [1.82, 2.24) is 0 Å². The van der Waals surface area contributed by atoms with Gasteiger partial charge in [-0.15, -0.1) is 0 Å². The normalized spacial score (nSPS) is 46.0. The molecule has 1 aliphatic heterocycles. The zero-order chi connectivity index (χ0) is 12.3. The molecule has 4 atom stereocenters. The van der Waals surface area contributed by atoms with Crippen molar-refractivity contribution >= 4 is 11.7 Å². The van der Waals surface area contributed by atoms with Crippen LogP contribution >= 0.6 is 0 Å². The van der Waals surface area contributed by atoms with Gasteiger partial charge in [0, 0.05) is 11.8 Å². The summed E-state index contributed by atoms with van der Waals surface area (Å²) < 4.78 is 0. The number of hydrogen-bond donors (Lipinski definition) is 1. The molecule has 0 saturated heterocycles. The van der Waals surface area contributed by atoms with Crippen molar-refractivity contribution in [2.45, 2.75) is 12.8 Å². The van der Waals surface area contributed by atoms with E-state index in [1.165, 1.54) is 0 Å². The Morgan fingerprint density at radius 3 is 2.18 bits per heavy atom. The van der Waals surface area contributed by atoms with Gasteiger partial charge < -0.3 is 5.73 Å². The quantitative estimate of drug-likeness (QED) is 0.607. The van der Waals surface area contributed by atoms with Gasteiger partial charge in [0.1, 0.15) is 11.3 Å². The maximum atomic E-state index is 12.1. The van der Waals surface area contributed by atoms with Crippen molar-refractivity contribution in [2.75, 3.05) is 0 Å². The molecule has 2 bridgehead atoms. The maximum Gasteiger partial charge on any atom is 0.270 e. The fraction of sp³-hybridized carbons (Fsp3) is 0.500. The molecular formula is C12H10N4O. The number of allylic oxidation sites excluding steroid dienone is 2. The SMILES string of the molecule is N#C[C@@]12C(N)=NC(=O)[C@]1(C#N)[C@H]1C=C[C@@H]2CC1. The van der Waals surface area contributed by atoms with Gasteiger partial charge in [0.2, 0.25) is 0 Å². The van der Waals surface area contributed by atoms with E-state index in [-0.39, 0.29) is 17.7 Å². The number of nitrogens with zero attached hydrogens (tertiary/aromatic N) is 3. The van der Waals surface area contributed by atoms with Gasteiger partial charge >= 0.3 is 0 Å². The van der Waals surface area contributed by atoms with Gasteiger partial charge in [0.25, 0.3) is 5.91 Å². The van der Waals surface area contributed by atoms with E-state index in [2.05, 4.69) is 17.1 Å². The van der Waals surface area contributed by atoms with E-state index in [9.17, 15) is 15.3 Å². The second-order valence-corrected chi connectivity index (χ2v) is 4.82. The number of hydrogen-bond acceptors (Lipinski definition) is 4. The van der Waals surface area contributed by atoms with Crippen LogP contribution in [0.25, 0.3) is 0 Å². The molecule has 1 saturated carbocycles. The van der Waals surface area contributed by atoms with Gasteiger partial charge in [-0.05, 0) is 12.8 Å². The predicted octanol–water partition coefficient (Wildman–Crippen LogP) is 0.500. The number of nitriles is 2. The first-order valence-corrected chi connectivity index (χ1v) is 5.53. The van der Waals surface area contributed by atoms with E-state index in [1.807, 2.05) is 12.2 Å². The molecule has 1 amide bonds.